The Morgan fingerprint density at radius 3 is 2.62 bits per heavy atom. The summed E-state index contributed by atoms with van der Waals surface area (Å²) in [6.45, 7) is 9.36. The Balaban J connectivity index is 1.30. The monoisotopic (exact) mass is 564 g/mol. The van der Waals surface area contributed by atoms with Crippen molar-refractivity contribution in [2.45, 2.75) is 53.2 Å². The summed E-state index contributed by atoms with van der Waals surface area (Å²) in [5.74, 6) is 1.98. The number of ether oxygens (including phenoxy) is 2. The van der Waals surface area contributed by atoms with E-state index in [1.165, 1.54) is 4.68 Å². The van der Waals surface area contributed by atoms with Gasteiger partial charge in [0.25, 0.3) is 0 Å². The number of pyridine rings is 3. The summed E-state index contributed by atoms with van der Waals surface area (Å²) in [5.41, 5.74) is 4.53. The van der Waals surface area contributed by atoms with Gasteiger partial charge in [-0.3, -0.25) is 9.78 Å². The summed E-state index contributed by atoms with van der Waals surface area (Å²) < 4.78 is 13.2. The number of hydrogen-bond donors (Lipinski definition) is 1. The number of hydrogen-bond acceptors (Lipinski definition) is 10. The van der Waals surface area contributed by atoms with Gasteiger partial charge in [-0.1, -0.05) is 18.2 Å². The van der Waals surface area contributed by atoms with Crippen LogP contribution in [0.2, 0.25) is 0 Å². The van der Waals surface area contributed by atoms with Crippen molar-refractivity contribution in [3.05, 3.63) is 95.7 Å². The van der Waals surface area contributed by atoms with Crippen molar-refractivity contribution in [2.75, 3.05) is 5.32 Å². The number of esters is 1. The molecular weight excluding hydrogens is 532 g/mol. The van der Waals surface area contributed by atoms with Gasteiger partial charge in [0.15, 0.2) is 11.6 Å². The molecular formula is C31H32N8O3. The van der Waals surface area contributed by atoms with Gasteiger partial charge in [-0.05, 0) is 92.6 Å². The van der Waals surface area contributed by atoms with Crippen LogP contribution in [-0.4, -0.2) is 46.7 Å². The van der Waals surface area contributed by atoms with Gasteiger partial charge in [-0.25, -0.2) is 14.6 Å². The van der Waals surface area contributed by atoms with Crippen molar-refractivity contribution in [3.8, 4) is 22.9 Å². The predicted octanol–water partition coefficient (Wildman–Crippen LogP) is 5.61. The smallest absolute Gasteiger partial charge is 0.328 e. The number of anilines is 2. The molecule has 11 heteroatoms. The fourth-order valence-electron chi connectivity index (χ4n) is 4.17. The van der Waals surface area contributed by atoms with Crippen molar-refractivity contribution in [1.29, 1.82) is 0 Å². The van der Waals surface area contributed by atoms with E-state index in [-0.39, 0.29) is 6.54 Å². The Bertz CT molecular complexity index is 1700. The van der Waals surface area contributed by atoms with Crippen LogP contribution in [0.4, 0.5) is 11.5 Å². The van der Waals surface area contributed by atoms with Crippen LogP contribution >= 0.6 is 0 Å². The Morgan fingerprint density at radius 2 is 1.83 bits per heavy atom. The first kappa shape index (κ1) is 28.3. The first-order valence-corrected chi connectivity index (χ1v) is 13.5. The maximum absolute atomic E-state index is 12.3. The third-order valence-electron chi connectivity index (χ3n) is 6.16. The highest BCUT2D eigenvalue weighted by atomic mass is 16.6. The second kappa shape index (κ2) is 12.1. The molecule has 0 amide bonds. The minimum absolute atomic E-state index is 0.0632. The van der Waals surface area contributed by atoms with Crippen molar-refractivity contribution < 1.29 is 14.3 Å². The van der Waals surface area contributed by atoms with Crippen molar-refractivity contribution in [2.24, 2.45) is 0 Å². The van der Waals surface area contributed by atoms with E-state index >= 15 is 0 Å². The molecule has 0 spiro atoms. The molecule has 4 heterocycles. The molecule has 42 heavy (non-hydrogen) atoms. The van der Waals surface area contributed by atoms with Gasteiger partial charge in [0.2, 0.25) is 0 Å². The van der Waals surface area contributed by atoms with E-state index in [2.05, 4.69) is 30.8 Å². The molecule has 0 saturated carbocycles. The molecule has 0 aliphatic heterocycles. The number of benzene rings is 1. The van der Waals surface area contributed by atoms with E-state index in [9.17, 15) is 4.79 Å². The summed E-state index contributed by atoms with van der Waals surface area (Å²) >= 11 is 0. The lowest BCUT2D eigenvalue weighted by atomic mass is 10.1. The second-order valence-corrected chi connectivity index (χ2v) is 10.8. The van der Waals surface area contributed by atoms with E-state index in [0.29, 0.717) is 35.3 Å². The number of aromatic nitrogens is 7. The molecule has 0 saturated heterocycles. The Labute approximate surface area is 244 Å². The van der Waals surface area contributed by atoms with Crippen molar-refractivity contribution in [1.82, 2.24) is 35.2 Å². The lowest BCUT2D eigenvalue weighted by Crippen LogP contribution is -2.27. The molecule has 11 nitrogen and oxygen atoms in total. The van der Waals surface area contributed by atoms with Gasteiger partial charge in [0, 0.05) is 36.3 Å². The van der Waals surface area contributed by atoms with Gasteiger partial charge in [-0.15, -0.1) is 5.10 Å². The minimum atomic E-state index is -0.584. The summed E-state index contributed by atoms with van der Waals surface area (Å²) in [5, 5.41) is 15.1. The van der Waals surface area contributed by atoms with Crippen LogP contribution in [0.3, 0.4) is 0 Å². The van der Waals surface area contributed by atoms with Crippen LogP contribution in [0.5, 0.6) is 11.5 Å². The fourth-order valence-corrected chi connectivity index (χ4v) is 4.17. The number of tetrazole rings is 1. The van der Waals surface area contributed by atoms with Gasteiger partial charge in [0.1, 0.15) is 29.4 Å². The summed E-state index contributed by atoms with van der Waals surface area (Å²) in [6.07, 6.45) is 3.85. The molecule has 0 fully saturated rings. The first-order chi connectivity index (χ1) is 20.1. The maximum atomic E-state index is 12.3. The molecule has 1 aromatic carbocycles. The lowest BCUT2D eigenvalue weighted by molar-refractivity contribution is -0.155. The number of rotatable bonds is 9. The molecule has 0 atom stereocenters. The average molecular weight is 565 g/mol. The zero-order valence-corrected chi connectivity index (χ0v) is 24.2. The van der Waals surface area contributed by atoms with Crippen LogP contribution in [0.1, 0.15) is 43.4 Å². The minimum Gasteiger partial charge on any atom is -0.459 e. The van der Waals surface area contributed by atoms with Gasteiger partial charge >= 0.3 is 5.97 Å². The number of carbonyl (C=O) groups excluding carboxylic acids is 1. The van der Waals surface area contributed by atoms with Crippen LogP contribution in [-0.2, 0) is 22.5 Å². The molecule has 0 bridgehead atoms. The highest BCUT2D eigenvalue weighted by Gasteiger charge is 2.19. The molecule has 5 rings (SSSR count). The summed E-state index contributed by atoms with van der Waals surface area (Å²) in [7, 11) is 0. The van der Waals surface area contributed by atoms with Crippen LogP contribution in [0.25, 0.3) is 11.4 Å². The predicted molar refractivity (Wildman–Crippen MR) is 157 cm³/mol. The number of nitrogens with one attached hydrogen (secondary N) is 1. The first-order valence-electron chi connectivity index (χ1n) is 13.5. The van der Waals surface area contributed by atoms with E-state index in [1.54, 1.807) is 18.5 Å². The zero-order valence-electron chi connectivity index (χ0n) is 24.2. The standard InChI is InChI=1S/C31H32N8O3/c1-20-15-26(30(34-21(20)2)25-11-6-7-13-32-25)41-24-12-14-33-27(18-24)35-23-10-8-9-22(16-23)17-28-36-37-38-39(28)19-29(40)42-31(3,4)5/h6-16,18H,17,19H2,1-5H3,(H,33,35). The molecule has 214 valence electrons. The van der Waals surface area contributed by atoms with Crippen molar-refractivity contribution >= 4 is 17.5 Å². The average Bonchev–Trinajstić information content (AvgIpc) is 3.36. The van der Waals surface area contributed by atoms with Crippen LogP contribution < -0.4 is 10.1 Å². The highest BCUT2D eigenvalue weighted by molar-refractivity contribution is 5.69. The SMILES string of the molecule is Cc1cc(Oc2ccnc(Nc3cccc(Cc4nnnn4CC(=O)OC(C)(C)C)c3)c2)c(-c2ccccn2)nc1C. The molecule has 0 unspecified atom stereocenters. The lowest BCUT2D eigenvalue weighted by Gasteiger charge is -2.19. The third-order valence-corrected chi connectivity index (χ3v) is 6.16. The van der Waals surface area contributed by atoms with Crippen LogP contribution in [0.15, 0.2) is 73.1 Å². The van der Waals surface area contributed by atoms with E-state index < -0.39 is 11.6 Å². The van der Waals surface area contributed by atoms with Gasteiger partial charge < -0.3 is 14.8 Å². The Morgan fingerprint density at radius 1 is 0.976 bits per heavy atom. The normalized spacial score (nSPS) is 11.3. The number of carbonyl (C=O) groups is 1. The largest absolute Gasteiger partial charge is 0.459 e. The topological polar surface area (TPSA) is 130 Å². The van der Waals surface area contributed by atoms with E-state index in [1.807, 2.05) is 89.2 Å². The van der Waals surface area contributed by atoms with Crippen LogP contribution in [0, 0.1) is 13.8 Å². The third kappa shape index (κ3) is 7.30. The molecule has 5 aromatic rings. The highest BCUT2D eigenvalue weighted by Crippen LogP contribution is 2.33. The number of aryl methyl sites for hydroxylation is 2. The number of nitrogens with zero attached hydrogens (tertiary/aromatic N) is 7. The molecule has 0 radical (unpaired) electrons. The Kier molecular flexibility index (Phi) is 8.19. The summed E-state index contributed by atoms with van der Waals surface area (Å²) in [6, 6.07) is 19.1. The van der Waals surface area contributed by atoms with E-state index in [4.69, 9.17) is 14.5 Å². The second-order valence-electron chi connectivity index (χ2n) is 10.8. The fraction of sp³-hybridized carbons (Fsp3) is 0.258. The molecule has 0 aliphatic carbocycles. The van der Waals surface area contributed by atoms with Gasteiger partial charge in [-0.2, -0.15) is 0 Å². The molecule has 4 aromatic heterocycles. The molecule has 0 aliphatic rings. The Hall–Kier alpha value is -5.19. The zero-order chi connectivity index (χ0) is 29.7. The molecule has 1 N–H and O–H groups in total. The van der Waals surface area contributed by atoms with E-state index in [0.717, 1.165) is 28.2 Å². The van der Waals surface area contributed by atoms with Crippen molar-refractivity contribution in [3.63, 3.8) is 0 Å². The van der Waals surface area contributed by atoms with Gasteiger partial charge in [0.05, 0.1) is 5.69 Å². The maximum Gasteiger partial charge on any atom is 0.328 e. The summed E-state index contributed by atoms with van der Waals surface area (Å²) in [4.78, 5) is 26.0. The quantitative estimate of drug-likeness (QED) is 0.225.